The number of carbonyl (C=O) groups excluding carboxylic acids is 1. The molecule has 1 aromatic heterocycles. The number of benzene rings is 2. The highest BCUT2D eigenvalue weighted by molar-refractivity contribution is 9.10. The average molecular weight is 445 g/mol. The molecule has 0 unspecified atom stereocenters. The summed E-state index contributed by atoms with van der Waals surface area (Å²) in [6.45, 7) is 2.88. The normalized spacial score (nSPS) is 15.0. The van der Waals surface area contributed by atoms with E-state index in [0.29, 0.717) is 44.5 Å². The summed E-state index contributed by atoms with van der Waals surface area (Å²) in [7, 11) is 0. The minimum absolute atomic E-state index is 0.117. The second kappa shape index (κ2) is 8.20. The van der Waals surface area contributed by atoms with Crippen molar-refractivity contribution >= 4 is 21.8 Å². The summed E-state index contributed by atoms with van der Waals surface area (Å²) < 4.78 is 20.5. The van der Waals surface area contributed by atoms with Gasteiger partial charge in [-0.15, -0.1) is 10.2 Å². The van der Waals surface area contributed by atoms with Gasteiger partial charge < -0.3 is 9.32 Å². The van der Waals surface area contributed by atoms with E-state index in [4.69, 9.17) is 4.42 Å². The first-order valence-electron chi connectivity index (χ1n) is 8.95. The summed E-state index contributed by atoms with van der Waals surface area (Å²) in [6.07, 6.45) is 0. The molecule has 28 heavy (non-hydrogen) atoms. The van der Waals surface area contributed by atoms with Crippen molar-refractivity contribution in [3.05, 3.63) is 70.3 Å². The second-order valence-electron chi connectivity index (χ2n) is 6.53. The van der Waals surface area contributed by atoms with Crippen LogP contribution in [0, 0.1) is 5.82 Å². The van der Waals surface area contributed by atoms with Gasteiger partial charge in [0.1, 0.15) is 5.82 Å². The Morgan fingerprint density at radius 1 is 1.04 bits per heavy atom. The van der Waals surface area contributed by atoms with Crippen LogP contribution < -0.4 is 0 Å². The van der Waals surface area contributed by atoms with Crippen LogP contribution in [-0.4, -0.2) is 52.1 Å². The Labute approximate surface area is 170 Å². The molecule has 0 saturated carbocycles. The maximum Gasteiger partial charge on any atom is 0.256 e. The summed E-state index contributed by atoms with van der Waals surface area (Å²) >= 11 is 3.48. The number of amides is 1. The fraction of sp³-hybridized carbons (Fsp3) is 0.250. The van der Waals surface area contributed by atoms with Crippen molar-refractivity contribution in [2.75, 3.05) is 26.2 Å². The van der Waals surface area contributed by atoms with Crippen molar-refractivity contribution in [3.63, 3.8) is 0 Å². The van der Waals surface area contributed by atoms with Gasteiger partial charge in [0.05, 0.1) is 17.7 Å². The molecule has 6 nitrogen and oxygen atoms in total. The number of aromatic nitrogens is 2. The molecular weight excluding hydrogens is 427 g/mol. The first kappa shape index (κ1) is 18.8. The van der Waals surface area contributed by atoms with Gasteiger partial charge in [-0.25, -0.2) is 4.39 Å². The number of rotatable bonds is 4. The van der Waals surface area contributed by atoms with Crippen LogP contribution in [0.5, 0.6) is 0 Å². The van der Waals surface area contributed by atoms with E-state index in [1.165, 1.54) is 12.1 Å². The number of halogens is 2. The average Bonchev–Trinajstić information content (AvgIpc) is 3.17. The van der Waals surface area contributed by atoms with Gasteiger partial charge in [-0.3, -0.25) is 9.69 Å². The standard InChI is InChI=1S/C20H18BrFN4O2/c21-16-7-3-1-5-14(16)19-24-23-18(28-19)13-25-9-11-26(12-10-25)20(27)15-6-2-4-8-17(15)22/h1-8H,9-13H2. The topological polar surface area (TPSA) is 62.5 Å². The highest BCUT2D eigenvalue weighted by Gasteiger charge is 2.25. The van der Waals surface area contributed by atoms with Crippen molar-refractivity contribution in [1.29, 1.82) is 0 Å². The zero-order valence-electron chi connectivity index (χ0n) is 15.0. The lowest BCUT2D eigenvalue weighted by atomic mass is 10.1. The molecule has 0 atom stereocenters. The minimum Gasteiger partial charge on any atom is -0.419 e. The zero-order valence-corrected chi connectivity index (χ0v) is 16.6. The molecule has 1 saturated heterocycles. The Bertz CT molecular complexity index is 986. The van der Waals surface area contributed by atoms with E-state index in [1.807, 2.05) is 24.3 Å². The van der Waals surface area contributed by atoms with Crippen LogP contribution in [0.1, 0.15) is 16.2 Å². The smallest absolute Gasteiger partial charge is 0.256 e. The third-order valence-electron chi connectivity index (χ3n) is 4.69. The molecule has 0 radical (unpaired) electrons. The van der Waals surface area contributed by atoms with Crippen LogP contribution in [0.3, 0.4) is 0 Å². The molecule has 1 amide bonds. The molecule has 1 aliphatic rings. The number of piperazine rings is 1. The SMILES string of the molecule is O=C(c1ccccc1F)N1CCN(Cc2nnc(-c3ccccc3Br)o2)CC1. The van der Waals surface area contributed by atoms with E-state index in [1.54, 1.807) is 17.0 Å². The van der Waals surface area contributed by atoms with E-state index in [0.717, 1.165) is 10.0 Å². The predicted molar refractivity (Wildman–Crippen MR) is 105 cm³/mol. The van der Waals surface area contributed by atoms with Crippen LogP contribution in [-0.2, 0) is 6.54 Å². The summed E-state index contributed by atoms with van der Waals surface area (Å²) in [5.41, 5.74) is 0.965. The predicted octanol–water partition coefficient (Wildman–Crippen LogP) is 3.60. The maximum atomic E-state index is 13.8. The van der Waals surface area contributed by atoms with Gasteiger partial charge in [-0.2, -0.15) is 0 Å². The molecule has 2 aromatic carbocycles. The van der Waals surface area contributed by atoms with Crippen molar-refractivity contribution in [1.82, 2.24) is 20.0 Å². The van der Waals surface area contributed by atoms with Gasteiger partial charge in [0.25, 0.3) is 5.91 Å². The fourth-order valence-corrected chi connectivity index (χ4v) is 3.62. The Morgan fingerprint density at radius 2 is 1.75 bits per heavy atom. The summed E-state index contributed by atoms with van der Waals surface area (Å²) in [6, 6.07) is 13.7. The van der Waals surface area contributed by atoms with Crippen molar-refractivity contribution < 1.29 is 13.6 Å². The van der Waals surface area contributed by atoms with Gasteiger partial charge >= 0.3 is 0 Å². The van der Waals surface area contributed by atoms with Crippen LogP contribution >= 0.6 is 15.9 Å². The molecule has 1 fully saturated rings. The monoisotopic (exact) mass is 444 g/mol. The Kier molecular flexibility index (Phi) is 5.50. The molecular formula is C20H18BrFN4O2. The van der Waals surface area contributed by atoms with Gasteiger partial charge in [0.15, 0.2) is 0 Å². The third kappa shape index (κ3) is 3.98. The van der Waals surface area contributed by atoms with Crippen molar-refractivity contribution in [2.45, 2.75) is 6.54 Å². The lowest BCUT2D eigenvalue weighted by molar-refractivity contribution is 0.0614. The van der Waals surface area contributed by atoms with Crippen LogP contribution in [0.2, 0.25) is 0 Å². The molecule has 2 heterocycles. The Hall–Kier alpha value is -2.58. The quantitative estimate of drug-likeness (QED) is 0.615. The van der Waals surface area contributed by atoms with Crippen LogP contribution in [0.25, 0.3) is 11.5 Å². The van der Waals surface area contributed by atoms with Gasteiger partial charge in [-0.1, -0.05) is 24.3 Å². The summed E-state index contributed by atoms with van der Waals surface area (Å²) in [5.74, 6) is 0.239. The third-order valence-corrected chi connectivity index (χ3v) is 5.39. The van der Waals surface area contributed by atoms with Crippen LogP contribution in [0.4, 0.5) is 4.39 Å². The lowest BCUT2D eigenvalue weighted by Crippen LogP contribution is -2.48. The zero-order chi connectivity index (χ0) is 19.5. The van der Waals surface area contributed by atoms with E-state index < -0.39 is 5.82 Å². The van der Waals surface area contributed by atoms with Gasteiger partial charge in [0, 0.05) is 30.7 Å². The highest BCUT2D eigenvalue weighted by atomic mass is 79.9. The highest BCUT2D eigenvalue weighted by Crippen LogP contribution is 2.27. The summed E-state index contributed by atoms with van der Waals surface area (Å²) in [4.78, 5) is 16.3. The molecule has 8 heteroatoms. The van der Waals surface area contributed by atoms with Crippen LogP contribution in [0.15, 0.2) is 57.4 Å². The Balaban J connectivity index is 1.36. The van der Waals surface area contributed by atoms with Crippen molar-refractivity contribution in [3.8, 4) is 11.5 Å². The van der Waals surface area contributed by atoms with E-state index >= 15 is 0 Å². The number of nitrogens with zero attached hydrogens (tertiary/aromatic N) is 4. The van der Waals surface area contributed by atoms with Gasteiger partial charge in [-0.05, 0) is 40.2 Å². The first-order chi connectivity index (χ1) is 13.6. The molecule has 0 spiro atoms. The van der Waals surface area contributed by atoms with Gasteiger partial charge in [0.2, 0.25) is 11.8 Å². The van der Waals surface area contributed by atoms with E-state index in [9.17, 15) is 9.18 Å². The molecule has 144 valence electrons. The molecule has 0 N–H and O–H groups in total. The first-order valence-corrected chi connectivity index (χ1v) is 9.74. The summed E-state index contributed by atoms with van der Waals surface area (Å²) in [5, 5.41) is 8.26. The fourth-order valence-electron chi connectivity index (χ4n) is 3.17. The lowest BCUT2D eigenvalue weighted by Gasteiger charge is -2.34. The molecule has 4 rings (SSSR count). The molecule has 0 bridgehead atoms. The maximum absolute atomic E-state index is 13.8. The Morgan fingerprint density at radius 3 is 2.50 bits per heavy atom. The second-order valence-corrected chi connectivity index (χ2v) is 7.38. The minimum atomic E-state index is -0.486. The number of carbonyl (C=O) groups is 1. The number of hydrogen-bond donors (Lipinski definition) is 0. The van der Waals surface area contributed by atoms with E-state index in [-0.39, 0.29) is 11.5 Å². The van der Waals surface area contributed by atoms with E-state index in [2.05, 4.69) is 31.0 Å². The largest absolute Gasteiger partial charge is 0.419 e. The molecule has 1 aliphatic heterocycles. The number of hydrogen-bond acceptors (Lipinski definition) is 5. The molecule has 3 aromatic rings. The molecule has 0 aliphatic carbocycles. The van der Waals surface area contributed by atoms with Crippen molar-refractivity contribution in [2.24, 2.45) is 0 Å².